The van der Waals surface area contributed by atoms with Gasteiger partial charge in [-0.25, -0.2) is 15.2 Å². The standard InChI is InChI=1S/C20H24ClFN4O/c1-26(2)19(13-6-8-16(22)9-7-13)12-23-20(27)18-11-17(24-25-18)14-4-3-5-15(21)10-14/h3-10,17-19,24-25H,11-12H2,1-2H3,(H,23,27). The molecule has 1 heterocycles. The molecule has 0 saturated carbocycles. The fraction of sp³-hybridized carbons (Fsp3) is 0.350. The van der Waals surface area contributed by atoms with Gasteiger partial charge in [-0.2, -0.15) is 0 Å². The Hall–Kier alpha value is -1.99. The van der Waals surface area contributed by atoms with Crippen LogP contribution in [0, 0.1) is 5.82 Å². The van der Waals surface area contributed by atoms with E-state index in [0.29, 0.717) is 18.0 Å². The molecule has 0 radical (unpaired) electrons. The zero-order valence-electron chi connectivity index (χ0n) is 15.4. The molecule has 1 fully saturated rings. The summed E-state index contributed by atoms with van der Waals surface area (Å²) in [6.07, 6.45) is 0.634. The van der Waals surface area contributed by atoms with Gasteiger partial charge in [0.05, 0.1) is 6.04 Å². The summed E-state index contributed by atoms with van der Waals surface area (Å²) in [5.74, 6) is -0.338. The van der Waals surface area contributed by atoms with Crippen molar-refractivity contribution in [1.82, 2.24) is 21.1 Å². The third-order valence-corrected chi connectivity index (χ3v) is 5.05. The maximum Gasteiger partial charge on any atom is 0.238 e. The summed E-state index contributed by atoms with van der Waals surface area (Å²) in [5.41, 5.74) is 8.21. The van der Waals surface area contributed by atoms with Gasteiger partial charge in [0.2, 0.25) is 5.91 Å². The van der Waals surface area contributed by atoms with Gasteiger partial charge in [0.1, 0.15) is 11.9 Å². The number of halogens is 2. The number of hydrogen-bond acceptors (Lipinski definition) is 4. The van der Waals surface area contributed by atoms with Crippen LogP contribution in [0.4, 0.5) is 4.39 Å². The van der Waals surface area contributed by atoms with Crippen LogP contribution in [0.2, 0.25) is 5.02 Å². The van der Waals surface area contributed by atoms with E-state index < -0.39 is 0 Å². The Morgan fingerprint density at radius 3 is 2.67 bits per heavy atom. The van der Waals surface area contributed by atoms with Crippen LogP contribution < -0.4 is 16.2 Å². The van der Waals surface area contributed by atoms with E-state index in [9.17, 15) is 9.18 Å². The number of benzene rings is 2. The number of nitrogens with one attached hydrogen (secondary N) is 3. The summed E-state index contributed by atoms with van der Waals surface area (Å²) in [5, 5.41) is 3.68. The van der Waals surface area contributed by atoms with Crippen LogP contribution >= 0.6 is 11.6 Å². The van der Waals surface area contributed by atoms with E-state index in [1.807, 2.05) is 43.3 Å². The molecule has 27 heavy (non-hydrogen) atoms. The highest BCUT2D eigenvalue weighted by Gasteiger charge is 2.30. The molecule has 0 spiro atoms. The number of rotatable bonds is 6. The lowest BCUT2D eigenvalue weighted by Crippen LogP contribution is -2.45. The van der Waals surface area contributed by atoms with Gasteiger partial charge in [0, 0.05) is 17.6 Å². The van der Waals surface area contributed by atoms with Crippen molar-refractivity contribution in [3.05, 3.63) is 70.5 Å². The Morgan fingerprint density at radius 1 is 1.26 bits per heavy atom. The second-order valence-corrected chi connectivity index (χ2v) is 7.40. The highest BCUT2D eigenvalue weighted by Crippen LogP contribution is 2.25. The number of hydrazine groups is 1. The first-order chi connectivity index (χ1) is 12.9. The third kappa shape index (κ3) is 5.05. The largest absolute Gasteiger partial charge is 0.353 e. The Labute approximate surface area is 163 Å². The minimum absolute atomic E-state index is 0.0289. The van der Waals surface area contributed by atoms with Gasteiger partial charge in [-0.1, -0.05) is 35.9 Å². The molecule has 3 rings (SSSR count). The molecule has 144 valence electrons. The molecule has 0 bridgehead atoms. The molecule has 1 saturated heterocycles. The van der Waals surface area contributed by atoms with Crippen molar-refractivity contribution >= 4 is 17.5 Å². The molecule has 3 atom stereocenters. The van der Waals surface area contributed by atoms with Crippen molar-refractivity contribution in [2.24, 2.45) is 0 Å². The van der Waals surface area contributed by atoms with Gasteiger partial charge < -0.3 is 10.2 Å². The van der Waals surface area contributed by atoms with Crippen LogP contribution in [0.5, 0.6) is 0 Å². The number of nitrogens with zero attached hydrogens (tertiary/aromatic N) is 1. The summed E-state index contributed by atoms with van der Waals surface area (Å²) < 4.78 is 13.2. The van der Waals surface area contributed by atoms with Gasteiger partial charge in [-0.05, 0) is 55.9 Å². The van der Waals surface area contributed by atoms with Crippen LogP contribution in [0.15, 0.2) is 48.5 Å². The van der Waals surface area contributed by atoms with E-state index in [0.717, 1.165) is 11.1 Å². The second kappa shape index (κ2) is 8.80. The van der Waals surface area contributed by atoms with Crippen molar-refractivity contribution in [3.63, 3.8) is 0 Å². The number of carbonyl (C=O) groups excluding carboxylic acids is 1. The Morgan fingerprint density at radius 2 is 2.00 bits per heavy atom. The average molecular weight is 391 g/mol. The minimum atomic E-state index is -0.329. The highest BCUT2D eigenvalue weighted by atomic mass is 35.5. The lowest BCUT2D eigenvalue weighted by molar-refractivity contribution is -0.123. The number of carbonyl (C=O) groups is 1. The van der Waals surface area contributed by atoms with Crippen LogP contribution in [-0.2, 0) is 4.79 Å². The maximum atomic E-state index is 13.2. The van der Waals surface area contributed by atoms with Crippen molar-refractivity contribution < 1.29 is 9.18 Å². The summed E-state index contributed by atoms with van der Waals surface area (Å²) in [7, 11) is 3.87. The first kappa shape index (κ1) is 19.8. The lowest BCUT2D eigenvalue weighted by atomic mass is 10.0. The molecule has 1 aliphatic heterocycles. The van der Waals surface area contributed by atoms with Crippen LogP contribution in [0.1, 0.15) is 29.6 Å². The Bertz CT molecular complexity index is 784. The smallest absolute Gasteiger partial charge is 0.238 e. The predicted octanol–water partition coefficient (Wildman–Crippen LogP) is 2.81. The van der Waals surface area contributed by atoms with E-state index in [4.69, 9.17) is 11.6 Å². The summed E-state index contributed by atoms with van der Waals surface area (Å²) in [6.45, 7) is 0.442. The fourth-order valence-electron chi connectivity index (χ4n) is 3.27. The molecule has 3 N–H and O–H groups in total. The molecule has 5 nitrogen and oxygen atoms in total. The Kier molecular flexibility index (Phi) is 6.44. The maximum absolute atomic E-state index is 13.2. The molecular formula is C20H24ClFN4O. The van der Waals surface area contributed by atoms with E-state index >= 15 is 0 Å². The number of amides is 1. The van der Waals surface area contributed by atoms with Gasteiger partial charge >= 0.3 is 0 Å². The highest BCUT2D eigenvalue weighted by molar-refractivity contribution is 6.30. The quantitative estimate of drug-likeness (QED) is 0.710. The van der Waals surface area contributed by atoms with Gasteiger partial charge in [-0.3, -0.25) is 4.79 Å². The van der Waals surface area contributed by atoms with Crippen molar-refractivity contribution in [3.8, 4) is 0 Å². The van der Waals surface area contributed by atoms with E-state index in [1.54, 1.807) is 12.1 Å². The number of likely N-dealkylation sites (N-methyl/N-ethyl adjacent to an activating group) is 1. The summed E-state index contributed by atoms with van der Waals surface area (Å²) >= 11 is 6.05. The third-order valence-electron chi connectivity index (χ3n) is 4.82. The monoisotopic (exact) mass is 390 g/mol. The van der Waals surface area contributed by atoms with Gasteiger partial charge in [0.15, 0.2) is 0 Å². The first-order valence-corrected chi connectivity index (χ1v) is 9.28. The molecule has 7 heteroatoms. The van der Waals surface area contributed by atoms with Crippen LogP contribution in [0.3, 0.4) is 0 Å². The predicted molar refractivity (Wildman–Crippen MR) is 105 cm³/mol. The van der Waals surface area contributed by atoms with Gasteiger partial charge in [0.25, 0.3) is 0 Å². The molecule has 2 aromatic rings. The fourth-order valence-corrected chi connectivity index (χ4v) is 3.47. The lowest BCUT2D eigenvalue weighted by Gasteiger charge is -2.25. The SMILES string of the molecule is CN(C)C(CNC(=O)C1CC(c2cccc(Cl)c2)NN1)c1ccc(F)cc1. The molecule has 2 aromatic carbocycles. The topological polar surface area (TPSA) is 56.4 Å². The normalized spacial score (nSPS) is 20.6. The Balaban J connectivity index is 1.57. The van der Waals surface area contributed by atoms with E-state index in [1.165, 1.54) is 12.1 Å². The van der Waals surface area contributed by atoms with E-state index in [2.05, 4.69) is 16.2 Å². The molecular weight excluding hydrogens is 367 g/mol. The average Bonchev–Trinajstić information content (AvgIpc) is 3.13. The molecule has 3 unspecified atom stereocenters. The zero-order chi connectivity index (χ0) is 19.4. The second-order valence-electron chi connectivity index (χ2n) is 6.96. The van der Waals surface area contributed by atoms with E-state index in [-0.39, 0.29) is 29.8 Å². The van der Waals surface area contributed by atoms with Crippen molar-refractivity contribution in [1.29, 1.82) is 0 Å². The summed E-state index contributed by atoms with van der Waals surface area (Å²) in [6, 6.07) is 13.6. The molecule has 1 amide bonds. The van der Waals surface area contributed by atoms with Crippen molar-refractivity contribution in [2.45, 2.75) is 24.5 Å². The number of hydrogen-bond donors (Lipinski definition) is 3. The van der Waals surface area contributed by atoms with Crippen LogP contribution in [0.25, 0.3) is 0 Å². The molecule has 1 aliphatic rings. The van der Waals surface area contributed by atoms with Crippen molar-refractivity contribution in [2.75, 3.05) is 20.6 Å². The van der Waals surface area contributed by atoms with Gasteiger partial charge in [-0.15, -0.1) is 0 Å². The first-order valence-electron chi connectivity index (χ1n) is 8.90. The molecule has 0 aromatic heterocycles. The molecule has 0 aliphatic carbocycles. The zero-order valence-corrected chi connectivity index (χ0v) is 16.1. The summed E-state index contributed by atoms with van der Waals surface area (Å²) in [4.78, 5) is 14.6. The van der Waals surface area contributed by atoms with Crippen LogP contribution in [-0.4, -0.2) is 37.5 Å². The minimum Gasteiger partial charge on any atom is -0.353 e.